The van der Waals surface area contributed by atoms with Crippen LogP contribution >= 0.6 is 11.6 Å². The maximum Gasteiger partial charge on any atom is 0.142 e. The normalized spacial score (nSPS) is 12.2. The van der Waals surface area contributed by atoms with Gasteiger partial charge in [-0.3, -0.25) is 5.84 Å². The summed E-state index contributed by atoms with van der Waals surface area (Å²) >= 11 is 5.68. The third-order valence-corrected chi connectivity index (χ3v) is 3.20. The third kappa shape index (κ3) is 2.87. The third-order valence-electron chi connectivity index (χ3n) is 2.89. The monoisotopic (exact) mass is 280 g/mol. The molecule has 0 saturated heterocycles. The Balaban J connectivity index is 2.46. The van der Waals surface area contributed by atoms with Crippen LogP contribution in [-0.4, -0.2) is 7.11 Å². The molecule has 0 spiro atoms. The van der Waals surface area contributed by atoms with Gasteiger partial charge in [0.25, 0.3) is 0 Å². The number of nitrogens with one attached hydrogen (secondary N) is 1. The Bertz CT molecular complexity index is 577. The summed E-state index contributed by atoms with van der Waals surface area (Å²) in [5, 5.41) is 0.0829. The standard InChI is InChI=1S/C14H14ClFN2O/c1-19-13-5-3-2-4-10(13)14(18-17)9-6-7-11(15)12(16)8-9/h2-8,14,18H,17H2,1H3. The average molecular weight is 281 g/mol. The van der Waals surface area contributed by atoms with E-state index in [9.17, 15) is 4.39 Å². The Labute approximate surface area is 116 Å². The Morgan fingerprint density at radius 1 is 1.26 bits per heavy atom. The van der Waals surface area contributed by atoms with Crippen molar-refractivity contribution in [3.8, 4) is 5.75 Å². The second kappa shape index (κ2) is 6.02. The summed E-state index contributed by atoms with van der Waals surface area (Å²) in [6, 6.07) is 11.6. The second-order valence-corrected chi connectivity index (χ2v) is 4.42. The van der Waals surface area contributed by atoms with Gasteiger partial charge in [0.2, 0.25) is 0 Å². The van der Waals surface area contributed by atoms with E-state index in [1.807, 2.05) is 24.3 Å². The molecule has 0 bridgehead atoms. The largest absolute Gasteiger partial charge is 0.496 e. The van der Waals surface area contributed by atoms with Gasteiger partial charge in [-0.2, -0.15) is 0 Å². The van der Waals surface area contributed by atoms with E-state index in [0.29, 0.717) is 11.3 Å². The average Bonchev–Trinajstić information content (AvgIpc) is 2.44. The highest BCUT2D eigenvalue weighted by Crippen LogP contribution is 2.30. The molecule has 0 fully saturated rings. The van der Waals surface area contributed by atoms with Crippen LogP contribution in [0.4, 0.5) is 4.39 Å². The van der Waals surface area contributed by atoms with E-state index in [2.05, 4.69) is 5.43 Å². The number of para-hydroxylation sites is 1. The minimum Gasteiger partial charge on any atom is -0.496 e. The van der Waals surface area contributed by atoms with Crippen molar-refractivity contribution in [2.24, 2.45) is 5.84 Å². The SMILES string of the molecule is COc1ccccc1C(NN)c1ccc(Cl)c(F)c1. The number of benzene rings is 2. The molecule has 3 nitrogen and oxygen atoms in total. The molecular formula is C14H14ClFN2O. The lowest BCUT2D eigenvalue weighted by molar-refractivity contribution is 0.404. The number of rotatable bonds is 4. The van der Waals surface area contributed by atoms with Gasteiger partial charge in [0.15, 0.2) is 0 Å². The van der Waals surface area contributed by atoms with Gasteiger partial charge in [0.1, 0.15) is 11.6 Å². The molecule has 5 heteroatoms. The lowest BCUT2D eigenvalue weighted by Crippen LogP contribution is -2.29. The molecule has 0 radical (unpaired) electrons. The maximum absolute atomic E-state index is 13.5. The number of methoxy groups -OCH3 is 1. The van der Waals surface area contributed by atoms with Crippen LogP contribution in [0.1, 0.15) is 17.2 Å². The van der Waals surface area contributed by atoms with Gasteiger partial charge in [-0.25, -0.2) is 9.82 Å². The highest BCUT2D eigenvalue weighted by Gasteiger charge is 2.17. The van der Waals surface area contributed by atoms with E-state index >= 15 is 0 Å². The van der Waals surface area contributed by atoms with Crippen LogP contribution in [0.25, 0.3) is 0 Å². The second-order valence-electron chi connectivity index (χ2n) is 4.02. The van der Waals surface area contributed by atoms with Crippen LogP contribution in [0.2, 0.25) is 5.02 Å². The van der Waals surface area contributed by atoms with Crippen LogP contribution in [0.5, 0.6) is 5.75 Å². The highest BCUT2D eigenvalue weighted by atomic mass is 35.5. The molecule has 100 valence electrons. The fourth-order valence-corrected chi connectivity index (χ4v) is 2.08. The summed E-state index contributed by atoms with van der Waals surface area (Å²) < 4.78 is 18.8. The zero-order valence-corrected chi connectivity index (χ0v) is 11.1. The molecule has 2 rings (SSSR count). The first-order valence-electron chi connectivity index (χ1n) is 5.71. The van der Waals surface area contributed by atoms with Crippen molar-refractivity contribution < 1.29 is 9.13 Å². The molecule has 3 N–H and O–H groups in total. The van der Waals surface area contributed by atoms with Gasteiger partial charge in [0, 0.05) is 5.56 Å². The topological polar surface area (TPSA) is 47.3 Å². The van der Waals surface area contributed by atoms with E-state index < -0.39 is 5.82 Å². The number of nitrogens with two attached hydrogens (primary N) is 1. The summed E-state index contributed by atoms with van der Waals surface area (Å²) in [6.45, 7) is 0. The number of hydrogen-bond donors (Lipinski definition) is 2. The Kier molecular flexibility index (Phi) is 4.37. The van der Waals surface area contributed by atoms with Gasteiger partial charge in [-0.1, -0.05) is 35.9 Å². The van der Waals surface area contributed by atoms with Crippen LogP contribution in [0.3, 0.4) is 0 Å². The zero-order valence-electron chi connectivity index (χ0n) is 10.4. The van der Waals surface area contributed by atoms with Crippen molar-refractivity contribution in [1.29, 1.82) is 0 Å². The number of hydrogen-bond acceptors (Lipinski definition) is 3. The van der Waals surface area contributed by atoms with Gasteiger partial charge in [-0.05, 0) is 23.8 Å². The first-order chi connectivity index (χ1) is 9.17. The molecule has 0 heterocycles. The molecule has 0 aliphatic carbocycles. The van der Waals surface area contributed by atoms with Crippen molar-refractivity contribution in [2.45, 2.75) is 6.04 Å². The molecule has 1 atom stereocenters. The number of hydrazine groups is 1. The Morgan fingerprint density at radius 2 is 2.00 bits per heavy atom. The summed E-state index contributed by atoms with van der Waals surface area (Å²) in [5.41, 5.74) is 4.17. The smallest absolute Gasteiger partial charge is 0.142 e. The van der Waals surface area contributed by atoms with Crippen molar-refractivity contribution in [1.82, 2.24) is 5.43 Å². The van der Waals surface area contributed by atoms with Gasteiger partial charge in [-0.15, -0.1) is 0 Å². The molecule has 2 aromatic carbocycles. The predicted octanol–water partition coefficient (Wildman–Crippen LogP) is 3.04. The molecule has 1 unspecified atom stereocenters. The van der Waals surface area contributed by atoms with E-state index in [4.69, 9.17) is 22.2 Å². The Hall–Kier alpha value is -1.62. The van der Waals surface area contributed by atoms with Crippen LogP contribution in [-0.2, 0) is 0 Å². The fourth-order valence-electron chi connectivity index (χ4n) is 1.96. The zero-order chi connectivity index (χ0) is 13.8. The van der Waals surface area contributed by atoms with E-state index in [1.54, 1.807) is 13.2 Å². The minimum absolute atomic E-state index is 0.0829. The molecule has 0 aliphatic rings. The molecule has 2 aromatic rings. The predicted molar refractivity (Wildman–Crippen MR) is 73.6 cm³/mol. The number of ether oxygens (including phenoxy) is 1. The van der Waals surface area contributed by atoms with Gasteiger partial charge >= 0.3 is 0 Å². The van der Waals surface area contributed by atoms with Crippen molar-refractivity contribution in [3.63, 3.8) is 0 Å². The number of halogens is 2. The minimum atomic E-state index is -0.477. The molecule has 19 heavy (non-hydrogen) atoms. The summed E-state index contributed by atoms with van der Waals surface area (Å²) in [5.74, 6) is 5.79. The quantitative estimate of drug-likeness (QED) is 0.668. The maximum atomic E-state index is 13.5. The van der Waals surface area contributed by atoms with E-state index in [-0.39, 0.29) is 11.1 Å². The summed E-state index contributed by atoms with van der Waals surface area (Å²) in [6.07, 6.45) is 0. The van der Waals surface area contributed by atoms with Crippen LogP contribution in [0.15, 0.2) is 42.5 Å². The van der Waals surface area contributed by atoms with Crippen molar-refractivity contribution in [2.75, 3.05) is 7.11 Å². The highest BCUT2D eigenvalue weighted by molar-refractivity contribution is 6.30. The van der Waals surface area contributed by atoms with Crippen molar-refractivity contribution >= 4 is 11.6 Å². The van der Waals surface area contributed by atoms with Gasteiger partial charge in [0.05, 0.1) is 18.2 Å². The molecule has 0 aliphatic heterocycles. The lowest BCUT2D eigenvalue weighted by atomic mass is 9.98. The van der Waals surface area contributed by atoms with E-state index in [1.165, 1.54) is 12.1 Å². The molecule has 0 saturated carbocycles. The van der Waals surface area contributed by atoms with Crippen molar-refractivity contribution in [3.05, 3.63) is 64.4 Å². The lowest BCUT2D eigenvalue weighted by Gasteiger charge is -2.19. The summed E-state index contributed by atoms with van der Waals surface area (Å²) in [4.78, 5) is 0. The fraction of sp³-hybridized carbons (Fsp3) is 0.143. The van der Waals surface area contributed by atoms with Gasteiger partial charge < -0.3 is 4.74 Å². The summed E-state index contributed by atoms with van der Waals surface area (Å²) in [7, 11) is 1.58. The van der Waals surface area contributed by atoms with E-state index in [0.717, 1.165) is 5.56 Å². The molecule has 0 aromatic heterocycles. The van der Waals surface area contributed by atoms with Crippen LogP contribution < -0.4 is 16.0 Å². The first-order valence-corrected chi connectivity index (χ1v) is 6.09. The molecular weight excluding hydrogens is 267 g/mol. The van der Waals surface area contributed by atoms with Crippen LogP contribution in [0, 0.1) is 5.82 Å². The molecule has 0 amide bonds. The first kappa shape index (κ1) is 13.8. The Morgan fingerprint density at radius 3 is 2.63 bits per heavy atom.